The quantitative estimate of drug-likeness (QED) is 0.276. The van der Waals surface area contributed by atoms with Gasteiger partial charge in [0.2, 0.25) is 0 Å². The average Bonchev–Trinajstić information content (AvgIpc) is 2.65. The lowest BCUT2D eigenvalue weighted by atomic mass is 9.98. The minimum Gasteiger partial charge on any atom is -0.504 e. The molecule has 1 aliphatic heterocycles. The number of halogens is 1. The van der Waals surface area contributed by atoms with Crippen molar-refractivity contribution in [2.75, 3.05) is 33.4 Å². The van der Waals surface area contributed by atoms with Gasteiger partial charge in [-0.05, 0) is 44.4 Å². The van der Waals surface area contributed by atoms with E-state index in [1.54, 1.807) is 12.1 Å². The summed E-state index contributed by atoms with van der Waals surface area (Å²) in [6.45, 7) is 6.89. The Morgan fingerprint density at radius 1 is 1.41 bits per heavy atom. The van der Waals surface area contributed by atoms with E-state index >= 15 is 0 Å². The zero-order valence-electron chi connectivity index (χ0n) is 16.2. The molecule has 27 heavy (non-hydrogen) atoms. The molecular formula is C19H30IN3O4. The van der Waals surface area contributed by atoms with Crippen LogP contribution in [0.25, 0.3) is 0 Å². The molecule has 7 nitrogen and oxygen atoms in total. The summed E-state index contributed by atoms with van der Waals surface area (Å²) < 4.78 is 10.2. The maximum Gasteiger partial charge on any atom is 0.310 e. The number of nitrogens with one attached hydrogen (secondary N) is 1. The first-order chi connectivity index (χ1) is 12.6. The van der Waals surface area contributed by atoms with Crippen LogP contribution in [0.15, 0.2) is 23.2 Å². The lowest BCUT2D eigenvalue weighted by Crippen LogP contribution is -2.48. The number of hydrogen-bond acceptors (Lipinski definition) is 5. The second-order valence-electron chi connectivity index (χ2n) is 6.21. The number of hydrogen-bond donors (Lipinski definition) is 2. The Bertz CT molecular complexity index is 639. The van der Waals surface area contributed by atoms with Crippen LogP contribution in [-0.2, 0) is 16.1 Å². The third-order valence-corrected chi connectivity index (χ3v) is 4.33. The van der Waals surface area contributed by atoms with Crippen LogP contribution in [0.5, 0.6) is 11.5 Å². The van der Waals surface area contributed by atoms with Crippen molar-refractivity contribution in [3.63, 3.8) is 0 Å². The van der Waals surface area contributed by atoms with Crippen LogP contribution < -0.4 is 10.1 Å². The fourth-order valence-corrected chi connectivity index (χ4v) is 3.05. The number of aromatic hydroxyl groups is 1. The third-order valence-electron chi connectivity index (χ3n) is 4.33. The van der Waals surface area contributed by atoms with Gasteiger partial charge in [0, 0.05) is 19.6 Å². The Hall–Kier alpha value is -1.71. The highest BCUT2D eigenvalue weighted by atomic mass is 127. The molecule has 1 heterocycles. The van der Waals surface area contributed by atoms with Gasteiger partial charge in [0.25, 0.3) is 0 Å². The van der Waals surface area contributed by atoms with Crippen LogP contribution in [-0.4, -0.2) is 55.3 Å². The highest BCUT2D eigenvalue weighted by molar-refractivity contribution is 14.0. The molecule has 1 atom stereocenters. The largest absolute Gasteiger partial charge is 0.504 e. The van der Waals surface area contributed by atoms with Crippen LogP contribution in [0.3, 0.4) is 0 Å². The first kappa shape index (κ1) is 23.3. The number of phenols is 1. The number of rotatable bonds is 6. The summed E-state index contributed by atoms with van der Waals surface area (Å²) in [5.41, 5.74) is 0.887. The van der Waals surface area contributed by atoms with Gasteiger partial charge in [0.15, 0.2) is 17.5 Å². The van der Waals surface area contributed by atoms with Gasteiger partial charge in [-0.1, -0.05) is 6.07 Å². The number of phenolic OH excluding ortho intramolecular Hbond substituents is 1. The Morgan fingerprint density at radius 2 is 2.19 bits per heavy atom. The van der Waals surface area contributed by atoms with Crippen molar-refractivity contribution in [3.05, 3.63) is 23.8 Å². The van der Waals surface area contributed by atoms with E-state index in [1.807, 2.05) is 19.9 Å². The van der Waals surface area contributed by atoms with Gasteiger partial charge in [-0.25, -0.2) is 4.99 Å². The highest BCUT2D eigenvalue weighted by Gasteiger charge is 2.28. The summed E-state index contributed by atoms with van der Waals surface area (Å²) in [6, 6.07) is 5.26. The summed E-state index contributed by atoms with van der Waals surface area (Å²) in [7, 11) is 1.52. The molecule has 0 saturated carbocycles. The molecule has 8 heteroatoms. The van der Waals surface area contributed by atoms with Crippen molar-refractivity contribution in [3.8, 4) is 11.5 Å². The van der Waals surface area contributed by atoms with E-state index < -0.39 is 0 Å². The van der Waals surface area contributed by atoms with Gasteiger partial charge in [-0.15, -0.1) is 24.0 Å². The Morgan fingerprint density at radius 3 is 2.81 bits per heavy atom. The highest BCUT2D eigenvalue weighted by Crippen LogP contribution is 2.26. The van der Waals surface area contributed by atoms with Crippen LogP contribution in [0, 0.1) is 5.92 Å². The van der Waals surface area contributed by atoms with Crippen molar-refractivity contribution < 1.29 is 19.4 Å². The number of aliphatic imine (C=N–C) groups is 1. The molecule has 1 fully saturated rings. The second kappa shape index (κ2) is 11.9. The van der Waals surface area contributed by atoms with E-state index in [9.17, 15) is 9.90 Å². The molecule has 0 amide bonds. The van der Waals surface area contributed by atoms with Crippen molar-refractivity contribution in [1.82, 2.24) is 10.2 Å². The van der Waals surface area contributed by atoms with E-state index in [-0.39, 0.29) is 41.6 Å². The Kier molecular flexibility index (Phi) is 10.3. The smallest absolute Gasteiger partial charge is 0.310 e. The number of guanidine groups is 1. The van der Waals surface area contributed by atoms with Crippen molar-refractivity contribution >= 4 is 35.9 Å². The monoisotopic (exact) mass is 491 g/mol. The Balaban J connectivity index is 0.00000364. The molecule has 0 radical (unpaired) electrons. The van der Waals surface area contributed by atoms with E-state index in [1.165, 1.54) is 7.11 Å². The minimum absolute atomic E-state index is 0. The number of piperidine rings is 1. The van der Waals surface area contributed by atoms with Crippen LogP contribution >= 0.6 is 24.0 Å². The number of carbonyl (C=O) groups excluding carboxylic acids is 1. The van der Waals surface area contributed by atoms with E-state index in [0.29, 0.717) is 25.4 Å². The summed E-state index contributed by atoms with van der Waals surface area (Å²) in [6.07, 6.45) is 1.78. The van der Waals surface area contributed by atoms with Gasteiger partial charge in [-0.3, -0.25) is 4.79 Å². The predicted molar refractivity (Wildman–Crippen MR) is 116 cm³/mol. The fraction of sp³-hybridized carbons (Fsp3) is 0.579. The lowest BCUT2D eigenvalue weighted by Gasteiger charge is -2.34. The van der Waals surface area contributed by atoms with Gasteiger partial charge >= 0.3 is 5.97 Å². The topological polar surface area (TPSA) is 83.4 Å². The molecule has 152 valence electrons. The molecule has 0 spiro atoms. The molecule has 1 saturated heterocycles. The van der Waals surface area contributed by atoms with Crippen molar-refractivity contribution in [1.29, 1.82) is 0 Å². The number of likely N-dealkylation sites (tertiary alicyclic amines) is 1. The fourth-order valence-electron chi connectivity index (χ4n) is 3.05. The summed E-state index contributed by atoms with van der Waals surface area (Å²) in [5, 5.41) is 13.2. The second-order valence-corrected chi connectivity index (χ2v) is 6.21. The number of ether oxygens (including phenoxy) is 2. The zero-order chi connectivity index (χ0) is 18.9. The molecule has 0 aromatic heterocycles. The summed E-state index contributed by atoms with van der Waals surface area (Å²) in [4.78, 5) is 18.8. The molecular weight excluding hydrogens is 461 g/mol. The SMILES string of the molecule is CCNC(=NCc1ccc(OC)c(O)c1)N1CCCC(C(=O)OCC)C1.I. The molecule has 1 aromatic carbocycles. The number of nitrogens with zero attached hydrogens (tertiary/aromatic N) is 2. The maximum absolute atomic E-state index is 12.1. The predicted octanol–water partition coefficient (Wildman–Crippen LogP) is 2.76. The molecule has 2 rings (SSSR count). The van der Waals surface area contributed by atoms with Crippen LogP contribution in [0.1, 0.15) is 32.3 Å². The van der Waals surface area contributed by atoms with Crippen LogP contribution in [0.4, 0.5) is 0 Å². The molecule has 1 aliphatic rings. The molecule has 1 aromatic rings. The van der Waals surface area contributed by atoms with Gasteiger partial charge in [0.05, 0.1) is 26.2 Å². The first-order valence-electron chi connectivity index (χ1n) is 9.14. The lowest BCUT2D eigenvalue weighted by molar-refractivity contribution is -0.149. The van der Waals surface area contributed by atoms with E-state index in [0.717, 1.165) is 37.5 Å². The number of carbonyl (C=O) groups is 1. The van der Waals surface area contributed by atoms with E-state index in [2.05, 4.69) is 15.2 Å². The number of methoxy groups -OCH3 is 1. The number of esters is 1. The van der Waals surface area contributed by atoms with E-state index in [4.69, 9.17) is 9.47 Å². The van der Waals surface area contributed by atoms with Gasteiger partial charge in [-0.2, -0.15) is 0 Å². The zero-order valence-corrected chi connectivity index (χ0v) is 18.6. The van der Waals surface area contributed by atoms with Crippen LogP contribution in [0.2, 0.25) is 0 Å². The molecule has 0 bridgehead atoms. The van der Waals surface area contributed by atoms with Crippen molar-refractivity contribution in [2.45, 2.75) is 33.2 Å². The van der Waals surface area contributed by atoms with Crippen molar-refractivity contribution in [2.24, 2.45) is 10.9 Å². The standard InChI is InChI=1S/C19H29N3O4.HI/c1-4-20-19(21-12-14-8-9-17(25-3)16(23)11-14)22-10-6-7-15(13-22)18(24)26-5-2;/h8-9,11,15,23H,4-7,10,12-13H2,1-3H3,(H,20,21);1H. The molecule has 1 unspecified atom stereocenters. The maximum atomic E-state index is 12.1. The third kappa shape index (κ3) is 6.75. The molecule has 0 aliphatic carbocycles. The van der Waals surface area contributed by atoms with Gasteiger partial charge < -0.3 is 24.8 Å². The minimum atomic E-state index is -0.131. The van der Waals surface area contributed by atoms with Gasteiger partial charge in [0.1, 0.15) is 0 Å². The first-order valence-corrected chi connectivity index (χ1v) is 9.14. The summed E-state index contributed by atoms with van der Waals surface area (Å²) >= 11 is 0. The summed E-state index contributed by atoms with van der Waals surface area (Å²) in [5.74, 6) is 1.08. The normalized spacial score (nSPS) is 17.1. The molecule has 2 N–H and O–H groups in total. The number of benzene rings is 1. The average molecular weight is 491 g/mol. The Labute approximate surface area is 178 Å².